The third-order valence-electron chi connectivity index (χ3n) is 3.92. The molecular weight excluding hydrogens is 336 g/mol. The average Bonchev–Trinajstić information content (AvgIpc) is 3.15. The lowest BCUT2D eigenvalue weighted by Gasteiger charge is -2.09. The first kappa shape index (κ1) is 17.4. The van der Waals surface area contributed by atoms with Crippen LogP contribution in [0.25, 0.3) is 11.5 Å². The molecule has 0 unspecified atom stereocenters. The van der Waals surface area contributed by atoms with Crippen LogP contribution in [0.5, 0.6) is 0 Å². The number of hydrogen-bond donors (Lipinski definition) is 1. The zero-order valence-electron chi connectivity index (χ0n) is 14.1. The van der Waals surface area contributed by atoms with Crippen LogP contribution in [-0.4, -0.2) is 13.4 Å². The van der Waals surface area contributed by atoms with Crippen molar-refractivity contribution < 1.29 is 12.8 Å². The third-order valence-corrected chi connectivity index (χ3v) is 5.34. The smallest absolute Gasteiger partial charge is 0.240 e. The van der Waals surface area contributed by atoms with Gasteiger partial charge in [-0.15, -0.1) is 0 Å². The molecule has 0 aliphatic carbocycles. The molecule has 2 aromatic heterocycles. The maximum Gasteiger partial charge on any atom is 0.240 e. The molecule has 0 aliphatic rings. The van der Waals surface area contributed by atoms with Gasteiger partial charge in [0.1, 0.15) is 5.69 Å². The molecule has 0 aliphatic heterocycles. The van der Waals surface area contributed by atoms with Gasteiger partial charge in [-0.05, 0) is 47.4 Å². The summed E-state index contributed by atoms with van der Waals surface area (Å²) in [6, 6.07) is 14.2. The van der Waals surface area contributed by atoms with E-state index in [1.807, 2.05) is 24.3 Å². The first-order valence-corrected chi connectivity index (χ1v) is 9.52. The second-order valence-electron chi connectivity index (χ2n) is 6.08. The SMILES string of the molecule is CC(C)c1ccc(S(=O)(=O)NCc2ccc(-c3ccco3)nc2)cc1. The molecule has 1 aromatic carbocycles. The number of furan rings is 1. The Kier molecular flexibility index (Phi) is 5.01. The Balaban J connectivity index is 1.67. The Labute approximate surface area is 147 Å². The van der Waals surface area contributed by atoms with Crippen LogP contribution in [0.15, 0.2) is 70.3 Å². The van der Waals surface area contributed by atoms with E-state index < -0.39 is 10.0 Å². The Morgan fingerprint density at radius 2 is 1.84 bits per heavy atom. The van der Waals surface area contributed by atoms with E-state index >= 15 is 0 Å². The zero-order chi connectivity index (χ0) is 17.9. The highest BCUT2D eigenvalue weighted by Gasteiger charge is 2.14. The van der Waals surface area contributed by atoms with Crippen molar-refractivity contribution in [2.24, 2.45) is 0 Å². The van der Waals surface area contributed by atoms with Crippen molar-refractivity contribution in [1.29, 1.82) is 0 Å². The van der Waals surface area contributed by atoms with E-state index in [1.165, 1.54) is 0 Å². The molecule has 0 atom stereocenters. The maximum atomic E-state index is 12.4. The number of hydrogen-bond acceptors (Lipinski definition) is 4. The number of pyridine rings is 1. The number of sulfonamides is 1. The molecule has 3 rings (SSSR count). The molecule has 2 heterocycles. The van der Waals surface area contributed by atoms with Gasteiger partial charge in [-0.1, -0.05) is 32.0 Å². The third kappa shape index (κ3) is 4.15. The summed E-state index contributed by atoms with van der Waals surface area (Å²) in [4.78, 5) is 4.56. The Hall–Kier alpha value is -2.44. The topological polar surface area (TPSA) is 72.2 Å². The molecule has 25 heavy (non-hydrogen) atoms. The van der Waals surface area contributed by atoms with Crippen LogP contribution in [0.4, 0.5) is 0 Å². The Morgan fingerprint density at radius 1 is 1.08 bits per heavy atom. The fourth-order valence-corrected chi connectivity index (χ4v) is 3.41. The molecule has 0 spiro atoms. The van der Waals surface area contributed by atoms with E-state index in [-0.39, 0.29) is 11.4 Å². The average molecular weight is 356 g/mol. The Morgan fingerprint density at radius 3 is 2.40 bits per heavy atom. The molecule has 0 radical (unpaired) electrons. The largest absolute Gasteiger partial charge is 0.463 e. The van der Waals surface area contributed by atoms with Gasteiger partial charge in [-0.25, -0.2) is 13.1 Å². The van der Waals surface area contributed by atoms with E-state index in [9.17, 15) is 8.42 Å². The van der Waals surface area contributed by atoms with Crippen LogP contribution in [0.3, 0.4) is 0 Å². The number of rotatable bonds is 6. The van der Waals surface area contributed by atoms with Crippen LogP contribution in [0.2, 0.25) is 0 Å². The van der Waals surface area contributed by atoms with Gasteiger partial charge in [-0.3, -0.25) is 4.98 Å². The molecule has 0 saturated carbocycles. The normalized spacial score (nSPS) is 11.8. The number of aromatic nitrogens is 1. The molecular formula is C19H20N2O3S. The standard InChI is InChI=1S/C19H20N2O3S/c1-14(2)16-6-8-17(9-7-16)25(22,23)21-13-15-5-10-18(20-12-15)19-4-3-11-24-19/h3-12,14,21H,13H2,1-2H3. The predicted molar refractivity (Wildman–Crippen MR) is 96.5 cm³/mol. The van der Waals surface area contributed by atoms with Gasteiger partial charge in [0.15, 0.2) is 5.76 Å². The van der Waals surface area contributed by atoms with Crippen molar-refractivity contribution in [1.82, 2.24) is 9.71 Å². The van der Waals surface area contributed by atoms with Gasteiger partial charge < -0.3 is 4.42 Å². The predicted octanol–water partition coefficient (Wildman–Crippen LogP) is 3.94. The van der Waals surface area contributed by atoms with Crippen molar-refractivity contribution in [3.63, 3.8) is 0 Å². The molecule has 1 N–H and O–H groups in total. The minimum absolute atomic E-state index is 0.180. The molecule has 6 heteroatoms. The van der Waals surface area contributed by atoms with Gasteiger partial charge in [0.25, 0.3) is 0 Å². The van der Waals surface area contributed by atoms with Crippen LogP contribution in [0.1, 0.15) is 30.9 Å². The lowest BCUT2D eigenvalue weighted by molar-refractivity contribution is 0.578. The summed E-state index contributed by atoms with van der Waals surface area (Å²) in [5.41, 5.74) is 2.59. The van der Waals surface area contributed by atoms with Gasteiger partial charge >= 0.3 is 0 Å². The first-order valence-electron chi connectivity index (χ1n) is 8.04. The highest BCUT2D eigenvalue weighted by molar-refractivity contribution is 7.89. The summed E-state index contributed by atoms with van der Waals surface area (Å²) in [5.74, 6) is 1.04. The van der Waals surface area contributed by atoms with E-state index in [0.717, 1.165) is 11.1 Å². The van der Waals surface area contributed by atoms with Crippen molar-refractivity contribution in [2.75, 3.05) is 0 Å². The number of benzene rings is 1. The molecule has 5 nitrogen and oxygen atoms in total. The van der Waals surface area contributed by atoms with Crippen molar-refractivity contribution in [2.45, 2.75) is 31.2 Å². The van der Waals surface area contributed by atoms with E-state index in [1.54, 1.807) is 36.7 Å². The van der Waals surface area contributed by atoms with Crippen molar-refractivity contribution >= 4 is 10.0 Å². The van der Waals surface area contributed by atoms with E-state index in [4.69, 9.17) is 4.42 Å². The quantitative estimate of drug-likeness (QED) is 0.726. The van der Waals surface area contributed by atoms with Gasteiger partial charge in [0.2, 0.25) is 10.0 Å². The number of nitrogens with zero attached hydrogens (tertiary/aromatic N) is 1. The fourth-order valence-electron chi connectivity index (χ4n) is 2.39. The second-order valence-corrected chi connectivity index (χ2v) is 7.84. The summed E-state index contributed by atoms with van der Waals surface area (Å²) in [7, 11) is -3.55. The van der Waals surface area contributed by atoms with Crippen LogP contribution >= 0.6 is 0 Å². The lowest BCUT2D eigenvalue weighted by Crippen LogP contribution is -2.23. The summed E-state index contributed by atoms with van der Waals surface area (Å²) in [6.07, 6.45) is 3.23. The maximum absolute atomic E-state index is 12.4. The van der Waals surface area contributed by atoms with Crippen LogP contribution in [-0.2, 0) is 16.6 Å². The molecule has 0 fully saturated rings. The highest BCUT2D eigenvalue weighted by atomic mass is 32.2. The summed E-state index contributed by atoms with van der Waals surface area (Å²) >= 11 is 0. The van der Waals surface area contributed by atoms with Crippen LogP contribution < -0.4 is 4.72 Å². The van der Waals surface area contributed by atoms with Gasteiger partial charge in [0.05, 0.1) is 11.2 Å². The summed E-state index contributed by atoms with van der Waals surface area (Å²) in [6.45, 7) is 4.32. The molecule has 0 saturated heterocycles. The molecule has 0 bridgehead atoms. The lowest BCUT2D eigenvalue weighted by atomic mass is 10.0. The highest BCUT2D eigenvalue weighted by Crippen LogP contribution is 2.19. The summed E-state index contributed by atoms with van der Waals surface area (Å²) in [5, 5.41) is 0. The molecule has 3 aromatic rings. The molecule has 130 valence electrons. The van der Waals surface area contributed by atoms with Gasteiger partial charge in [0, 0.05) is 12.7 Å². The van der Waals surface area contributed by atoms with Crippen molar-refractivity contribution in [3.8, 4) is 11.5 Å². The van der Waals surface area contributed by atoms with Crippen LogP contribution in [0, 0.1) is 0 Å². The second kappa shape index (κ2) is 7.21. The first-order chi connectivity index (χ1) is 12.0. The minimum Gasteiger partial charge on any atom is -0.463 e. The number of nitrogens with one attached hydrogen (secondary N) is 1. The van der Waals surface area contributed by atoms with Crippen molar-refractivity contribution in [3.05, 3.63) is 72.1 Å². The Bertz CT molecular complexity index is 914. The summed E-state index contributed by atoms with van der Waals surface area (Å²) < 4.78 is 32.7. The van der Waals surface area contributed by atoms with E-state index in [0.29, 0.717) is 17.4 Å². The van der Waals surface area contributed by atoms with E-state index in [2.05, 4.69) is 23.6 Å². The minimum atomic E-state index is -3.55. The zero-order valence-corrected chi connectivity index (χ0v) is 15.0. The fraction of sp³-hybridized carbons (Fsp3) is 0.211. The monoisotopic (exact) mass is 356 g/mol. The van der Waals surface area contributed by atoms with Gasteiger partial charge in [-0.2, -0.15) is 0 Å². The molecule has 0 amide bonds.